The van der Waals surface area contributed by atoms with Crippen LogP contribution in [-0.2, 0) is 30.6 Å². The fraction of sp³-hybridized carbons (Fsp3) is 0.462. The van der Waals surface area contributed by atoms with Gasteiger partial charge in [0.05, 0.1) is 19.0 Å². The molecule has 1 fully saturated rings. The fourth-order valence-corrected chi connectivity index (χ4v) is 6.70. The number of nitrogen functional groups attached to an aromatic ring is 1. The van der Waals surface area contributed by atoms with E-state index >= 15 is 0 Å². The molecule has 1 unspecified atom stereocenters. The number of anilines is 2. The number of carbonyl (C=O) groups is 1. The number of hydrogen-bond acceptors (Lipinski definition) is 13. The summed E-state index contributed by atoms with van der Waals surface area (Å²) in [5.74, 6) is 0.237. The van der Waals surface area contributed by atoms with E-state index in [1.165, 1.54) is 17.8 Å². The highest BCUT2D eigenvalue weighted by molar-refractivity contribution is 8.09. The summed E-state index contributed by atoms with van der Waals surface area (Å²) in [6.07, 6.45) is -0.861. The molecule has 1 saturated heterocycles. The van der Waals surface area contributed by atoms with E-state index in [0.29, 0.717) is 23.6 Å². The Morgan fingerprint density at radius 2 is 2.05 bits per heavy atom. The number of aromatic nitrogens is 4. The van der Waals surface area contributed by atoms with E-state index in [4.69, 9.17) is 36.1 Å². The molecule has 6 N–H and O–H groups in total. The number of aliphatic hydroxyl groups is 2. The van der Waals surface area contributed by atoms with Crippen molar-refractivity contribution in [1.29, 1.82) is 0 Å². The molecule has 16 heteroatoms. The Morgan fingerprint density at radius 1 is 1.33 bits per heavy atom. The molecule has 6 atom stereocenters. The van der Waals surface area contributed by atoms with Gasteiger partial charge in [0.2, 0.25) is 5.95 Å². The van der Waals surface area contributed by atoms with E-state index in [2.05, 4.69) is 31.9 Å². The number of nitrogens with zero attached hydrogens (tertiary/aromatic N) is 4. The molecule has 0 spiro atoms. The molecule has 42 heavy (non-hydrogen) atoms. The first kappa shape index (κ1) is 31.8. The zero-order valence-corrected chi connectivity index (χ0v) is 25.4. The van der Waals surface area contributed by atoms with Crippen LogP contribution < -0.4 is 20.7 Å². The molecule has 1 aliphatic heterocycles. The highest BCUT2D eigenvalue weighted by Gasteiger charge is 2.54. The quantitative estimate of drug-likeness (QED) is 0.106. The maximum absolute atomic E-state index is 12.5. The lowest BCUT2D eigenvalue weighted by Gasteiger charge is -2.28. The van der Waals surface area contributed by atoms with Crippen molar-refractivity contribution in [2.24, 2.45) is 0 Å². The number of aliphatic hydroxyl groups excluding tert-OH is 1. The Bertz CT molecular complexity index is 1460. The zero-order chi connectivity index (χ0) is 30.7. The summed E-state index contributed by atoms with van der Waals surface area (Å²) < 4.78 is 24.9. The summed E-state index contributed by atoms with van der Waals surface area (Å²) in [7, 11) is 0. The van der Waals surface area contributed by atoms with Crippen molar-refractivity contribution in [1.82, 2.24) is 24.6 Å². The Morgan fingerprint density at radius 3 is 2.71 bits per heavy atom. The smallest absolute Gasteiger partial charge is 0.323 e. The molecule has 14 nitrogen and oxygen atoms in total. The largest absolute Gasteiger partial charge is 0.462 e. The van der Waals surface area contributed by atoms with Crippen molar-refractivity contribution in [2.75, 3.05) is 24.2 Å². The highest BCUT2D eigenvalue weighted by atomic mass is 32.5. The second kappa shape index (κ2) is 13.0. The Balaban J connectivity index is 1.56. The van der Waals surface area contributed by atoms with Gasteiger partial charge in [-0.1, -0.05) is 24.3 Å². The lowest BCUT2D eigenvalue weighted by Crippen LogP contribution is -2.44. The standard InChI is InChI=1S/C26H36N7O7PS/c1-6-12-28-21-19-22(31-25(27)30-21)33(14-29-19)24-26(5,36)20(34)18(39-24)13-37-41(42,40-17-10-8-7-9-11-17)32-16(4)23(35)38-15(2)3/h6-11,14-16,18,20,24,34,36H,1,12-13H2,2-5H3,(H,32,42)(H3,27,28,30,31)/t16-,18+,20+,24+,26+,41?/m0/s1. The van der Waals surface area contributed by atoms with Crippen molar-refractivity contribution < 1.29 is 33.5 Å². The number of benzene rings is 1. The lowest BCUT2D eigenvalue weighted by molar-refractivity contribution is -0.149. The van der Waals surface area contributed by atoms with Crippen molar-refractivity contribution >= 4 is 47.3 Å². The van der Waals surface area contributed by atoms with E-state index in [0.717, 1.165) is 0 Å². The van der Waals surface area contributed by atoms with Crippen LogP contribution in [0.15, 0.2) is 49.3 Å². The third-order valence-electron chi connectivity index (χ3n) is 6.29. The minimum atomic E-state index is -3.42. The second-order valence-corrected chi connectivity index (χ2v) is 13.3. The predicted octanol–water partition coefficient (Wildman–Crippen LogP) is 2.27. The predicted molar refractivity (Wildman–Crippen MR) is 160 cm³/mol. The lowest BCUT2D eigenvalue weighted by atomic mass is 9.96. The highest BCUT2D eigenvalue weighted by Crippen LogP contribution is 2.47. The normalized spacial score (nSPS) is 24.3. The van der Waals surface area contributed by atoms with Crippen LogP contribution >= 0.6 is 6.64 Å². The Hall–Kier alpha value is -3.17. The summed E-state index contributed by atoms with van der Waals surface area (Å²) in [5, 5.41) is 28.5. The van der Waals surface area contributed by atoms with Crippen LogP contribution in [0.5, 0.6) is 5.75 Å². The molecule has 1 aromatic carbocycles. The Kier molecular flexibility index (Phi) is 9.83. The van der Waals surface area contributed by atoms with E-state index < -0.39 is 42.7 Å². The van der Waals surface area contributed by atoms with Gasteiger partial charge in [0.1, 0.15) is 29.6 Å². The zero-order valence-electron chi connectivity index (χ0n) is 23.7. The number of imidazole rings is 1. The van der Waals surface area contributed by atoms with Gasteiger partial charge in [-0.2, -0.15) is 9.97 Å². The van der Waals surface area contributed by atoms with Crippen LogP contribution in [0.3, 0.4) is 0 Å². The number of nitrogens with two attached hydrogens (primary N) is 1. The molecule has 0 amide bonds. The fourth-order valence-electron chi connectivity index (χ4n) is 4.28. The van der Waals surface area contributed by atoms with Crippen molar-refractivity contribution in [2.45, 2.75) is 63.9 Å². The van der Waals surface area contributed by atoms with Crippen LogP contribution in [0.1, 0.15) is 33.9 Å². The van der Waals surface area contributed by atoms with Crippen molar-refractivity contribution in [3.05, 3.63) is 49.3 Å². The number of carbonyl (C=O) groups excluding carboxylic acids is 1. The minimum absolute atomic E-state index is 0.0242. The first-order valence-corrected chi connectivity index (χ1v) is 15.9. The van der Waals surface area contributed by atoms with Gasteiger partial charge < -0.3 is 39.8 Å². The van der Waals surface area contributed by atoms with Gasteiger partial charge in [0.15, 0.2) is 23.2 Å². The van der Waals surface area contributed by atoms with Crippen LogP contribution in [0.4, 0.5) is 11.8 Å². The van der Waals surface area contributed by atoms with E-state index in [1.54, 1.807) is 51.1 Å². The maximum atomic E-state index is 12.5. The minimum Gasteiger partial charge on any atom is -0.462 e. The summed E-state index contributed by atoms with van der Waals surface area (Å²) in [6, 6.07) is 7.87. The summed E-state index contributed by atoms with van der Waals surface area (Å²) >= 11 is 5.75. The third kappa shape index (κ3) is 7.06. The number of ether oxygens (including phenoxy) is 2. The van der Waals surface area contributed by atoms with Crippen molar-refractivity contribution in [3.63, 3.8) is 0 Å². The number of esters is 1. The molecular weight excluding hydrogens is 585 g/mol. The number of nitrogens with one attached hydrogen (secondary N) is 2. The number of para-hydroxylation sites is 1. The van der Waals surface area contributed by atoms with E-state index in [9.17, 15) is 15.0 Å². The number of hydrogen-bond donors (Lipinski definition) is 5. The van der Waals surface area contributed by atoms with Gasteiger partial charge in [-0.05, 0) is 51.6 Å². The van der Waals surface area contributed by atoms with Gasteiger partial charge in [-0.3, -0.25) is 9.36 Å². The average molecular weight is 622 g/mol. The first-order valence-electron chi connectivity index (χ1n) is 13.2. The van der Waals surface area contributed by atoms with Gasteiger partial charge in [0, 0.05) is 6.54 Å². The number of rotatable bonds is 13. The molecule has 0 radical (unpaired) electrons. The Labute approximate surface area is 248 Å². The number of fused-ring (bicyclic) bond motifs is 1. The molecule has 1 aliphatic rings. The molecule has 4 rings (SSSR count). The monoisotopic (exact) mass is 621 g/mol. The molecule has 2 aromatic heterocycles. The molecule has 3 aromatic rings. The van der Waals surface area contributed by atoms with E-state index in [1.807, 2.05) is 6.07 Å². The molecule has 0 aliphatic carbocycles. The summed E-state index contributed by atoms with van der Waals surface area (Å²) in [5.41, 5.74) is 4.79. The second-order valence-electron chi connectivity index (χ2n) is 10.2. The van der Waals surface area contributed by atoms with Crippen LogP contribution in [0.2, 0.25) is 0 Å². The van der Waals surface area contributed by atoms with Crippen LogP contribution in [-0.4, -0.2) is 78.8 Å². The molecular formula is C26H36N7O7PS. The summed E-state index contributed by atoms with van der Waals surface area (Å²) in [6.45, 7) is 6.87. The SMILES string of the molecule is C=CCNc1nc(N)nc2c1ncn2[C@@H]1O[C@H](COP(=S)(N[C@@H](C)C(=O)OC(C)C)Oc2ccccc2)[C@@H](O)[C@@]1(C)O. The molecule has 3 heterocycles. The van der Waals surface area contributed by atoms with Crippen LogP contribution in [0, 0.1) is 0 Å². The van der Waals surface area contributed by atoms with Gasteiger partial charge in [-0.25, -0.2) is 10.1 Å². The van der Waals surface area contributed by atoms with Crippen LogP contribution in [0.25, 0.3) is 11.2 Å². The van der Waals surface area contributed by atoms with Crippen molar-refractivity contribution in [3.8, 4) is 5.75 Å². The van der Waals surface area contributed by atoms with E-state index in [-0.39, 0.29) is 24.3 Å². The third-order valence-corrected chi connectivity index (χ3v) is 8.79. The topological polar surface area (TPSA) is 188 Å². The first-order chi connectivity index (χ1) is 19.8. The average Bonchev–Trinajstić information content (AvgIpc) is 3.43. The molecule has 228 valence electrons. The maximum Gasteiger partial charge on any atom is 0.323 e. The van der Waals surface area contributed by atoms with Gasteiger partial charge in [0.25, 0.3) is 0 Å². The summed E-state index contributed by atoms with van der Waals surface area (Å²) in [4.78, 5) is 25.3. The molecule has 0 saturated carbocycles. The van der Waals surface area contributed by atoms with Gasteiger partial charge >= 0.3 is 12.6 Å². The molecule has 0 bridgehead atoms. The van der Waals surface area contributed by atoms with Gasteiger partial charge in [-0.15, -0.1) is 6.58 Å².